The van der Waals surface area contributed by atoms with Gasteiger partial charge in [-0.25, -0.2) is 9.79 Å². The zero-order valence-electron chi connectivity index (χ0n) is 16.4. The lowest BCUT2D eigenvalue weighted by Gasteiger charge is -2.07. The average Bonchev–Trinajstić information content (AvgIpc) is 3.05. The number of carbonyl (C=O) groups excluding carboxylic acids is 1. The predicted octanol–water partition coefficient (Wildman–Crippen LogP) is 3.31. The highest BCUT2D eigenvalue weighted by Crippen LogP contribution is 2.40. The molecule has 29 heavy (non-hydrogen) atoms. The van der Waals surface area contributed by atoms with E-state index in [1.165, 1.54) is 0 Å². The van der Waals surface area contributed by atoms with Gasteiger partial charge >= 0.3 is 11.8 Å². The smallest absolute Gasteiger partial charge is 0.342 e. The van der Waals surface area contributed by atoms with Gasteiger partial charge in [0.2, 0.25) is 0 Å². The van der Waals surface area contributed by atoms with Crippen LogP contribution in [0.3, 0.4) is 0 Å². The van der Waals surface area contributed by atoms with Crippen LogP contribution in [0.1, 0.15) is 34.3 Å². The van der Waals surface area contributed by atoms with Crippen molar-refractivity contribution in [3.63, 3.8) is 0 Å². The first-order chi connectivity index (χ1) is 14.0. The normalized spacial score (nSPS) is 11.6. The molecule has 2 aromatic carbocycles. The Bertz CT molecular complexity index is 1270. The Labute approximate surface area is 167 Å². The Morgan fingerprint density at radius 3 is 2.66 bits per heavy atom. The summed E-state index contributed by atoms with van der Waals surface area (Å²) < 4.78 is 11.2. The van der Waals surface area contributed by atoms with Gasteiger partial charge in [0.1, 0.15) is 28.4 Å². The molecule has 0 bridgehead atoms. The number of carbonyl (C=O) groups is 1. The molecule has 4 rings (SSSR count). The number of pyridine rings is 1. The van der Waals surface area contributed by atoms with E-state index >= 15 is 0 Å². The van der Waals surface area contributed by atoms with Crippen molar-refractivity contribution in [1.82, 2.24) is 4.98 Å². The van der Waals surface area contributed by atoms with E-state index in [-0.39, 0.29) is 12.4 Å². The van der Waals surface area contributed by atoms with Crippen LogP contribution in [0.2, 0.25) is 0 Å². The summed E-state index contributed by atoms with van der Waals surface area (Å²) in [6.07, 6.45) is 1.64. The van der Waals surface area contributed by atoms with Crippen LogP contribution in [0.25, 0.3) is 21.7 Å². The molecule has 6 heteroatoms. The number of hydrogen-bond donors (Lipinski definition) is 2. The summed E-state index contributed by atoms with van der Waals surface area (Å²) in [5.74, 6) is 0.641. The van der Waals surface area contributed by atoms with Gasteiger partial charge in [-0.15, -0.1) is 0 Å². The van der Waals surface area contributed by atoms with Crippen molar-refractivity contribution in [2.45, 2.75) is 20.8 Å². The van der Waals surface area contributed by atoms with Crippen LogP contribution < -0.4 is 4.99 Å². The number of aryl methyl sites for hydroxylation is 2. The summed E-state index contributed by atoms with van der Waals surface area (Å²) in [6, 6.07) is 13.0. The summed E-state index contributed by atoms with van der Waals surface area (Å²) in [4.78, 5) is 20.2. The number of nitrogens with zero attached hydrogens (tertiary/aromatic N) is 1. The van der Waals surface area contributed by atoms with E-state index in [0.29, 0.717) is 39.1 Å². The number of nitrogens with one attached hydrogen (secondary N) is 1. The third-order valence-electron chi connectivity index (χ3n) is 4.77. The monoisotopic (exact) mass is 389 g/mol. The number of hydrogen-bond acceptors (Lipinski definition) is 5. The van der Waals surface area contributed by atoms with Crippen LogP contribution in [-0.2, 0) is 4.74 Å². The van der Waals surface area contributed by atoms with Crippen molar-refractivity contribution in [3.05, 3.63) is 65.0 Å². The molecule has 0 saturated heterocycles. The topological polar surface area (TPSA) is 86.5 Å². The number of furan rings is 1. The number of rotatable bonds is 4. The molecular formula is C23H21N2O4+. The standard InChI is InChI=1S/C23H20N2O4/c1-4-28-23(27)19-14(3)29-22-16-10-6-5-9-15(16)21(26)17(20(19)22)12-24-18-11-7-8-13(2)25-18/h5-12,26H,4H2,1-3H3/p+1/b24-12+. The molecule has 0 saturated carbocycles. The number of esters is 1. The molecule has 0 spiro atoms. The highest BCUT2D eigenvalue weighted by molar-refractivity contribution is 6.20. The van der Waals surface area contributed by atoms with Gasteiger partial charge in [0.25, 0.3) is 0 Å². The molecule has 2 heterocycles. The summed E-state index contributed by atoms with van der Waals surface area (Å²) in [6.45, 7) is 5.61. The molecule has 0 aliphatic carbocycles. The number of aromatic nitrogens is 1. The van der Waals surface area contributed by atoms with E-state index in [1.54, 1.807) is 20.1 Å². The fourth-order valence-electron chi connectivity index (χ4n) is 3.50. The number of aromatic hydroxyl groups is 1. The SMILES string of the molecule is CCOC(=O)c1c(C)oc2c1c(/C=[NH+]/c1cccc(C)n1)c(O)c1ccccc12. The Balaban J connectivity index is 2.04. The molecule has 0 fully saturated rings. The maximum absolute atomic E-state index is 12.6. The maximum Gasteiger partial charge on any atom is 0.342 e. The Kier molecular flexibility index (Phi) is 4.76. The lowest BCUT2D eigenvalue weighted by molar-refractivity contribution is -0.352. The largest absolute Gasteiger partial charge is 0.507 e. The van der Waals surface area contributed by atoms with Crippen molar-refractivity contribution < 1.29 is 24.0 Å². The van der Waals surface area contributed by atoms with Gasteiger partial charge < -0.3 is 14.3 Å². The van der Waals surface area contributed by atoms with E-state index < -0.39 is 5.97 Å². The number of phenolic OH excluding ortho intramolecular Hbond substituents is 1. The Hall–Kier alpha value is -3.67. The minimum absolute atomic E-state index is 0.0552. The molecule has 0 atom stereocenters. The van der Waals surface area contributed by atoms with Crippen molar-refractivity contribution in [1.29, 1.82) is 0 Å². The lowest BCUT2D eigenvalue weighted by atomic mass is 9.98. The van der Waals surface area contributed by atoms with Crippen molar-refractivity contribution in [2.75, 3.05) is 6.61 Å². The van der Waals surface area contributed by atoms with Gasteiger partial charge in [-0.1, -0.05) is 24.3 Å². The minimum atomic E-state index is -0.484. The first-order valence-electron chi connectivity index (χ1n) is 9.38. The molecule has 4 aromatic rings. The molecule has 2 aromatic heterocycles. The van der Waals surface area contributed by atoms with Crippen molar-refractivity contribution in [3.8, 4) is 5.75 Å². The van der Waals surface area contributed by atoms with Crippen LogP contribution in [0, 0.1) is 13.8 Å². The second kappa shape index (κ2) is 7.39. The Morgan fingerprint density at radius 2 is 1.93 bits per heavy atom. The summed E-state index contributed by atoms with van der Waals surface area (Å²) in [5.41, 5.74) is 2.15. The third kappa shape index (κ3) is 3.23. The number of fused-ring (bicyclic) bond motifs is 3. The summed E-state index contributed by atoms with van der Waals surface area (Å²) in [7, 11) is 0. The number of phenols is 1. The number of ether oxygens (including phenoxy) is 1. The van der Waals surface area contributed by atoms with Crippen molar-refractivity contribution >= 4 is 39.7 Å². The van der Waals surface area contributed by atoms with Gasteiger partial charge in [0.15, 0.2) is 0 Å². The van der Waals surface area contributed by atoms with E-state index in [1.807, 2.05) is 49.4 Å². The van der Waals surface area contributed by atoms with Crippen LogP contribution in [0.5, 0.6) is 5.75 Å². The first-order valence-corrected chi connectivity index (χ1v) is 9.38. The van der Waals surface area contributed by atoms with Gasteiger partial charge in [0.05, 0.1) is 23.8 Å². The van der Waals surface area contributed by atoms with Crippen LogP contribution in [0.4, 0.5) is 5.82 Å². The highest BCUT2D eigenvalue weighted by Gasteiger charge is 2.26. The summed E-state index contributed by atoms with van der Waals surface area (Å²) in [5, 5.41) is 12.9. The van der Waals surface area contributed by atoms with Crippen molar-refractivity contribution in [2.24, 2.45) is 0 Å². The molecule has 0 radical (unpaired) electrons. The van der Waals surface area contributed by atoms with Gasteiger partial charge in [-0.05, 0) is 31.0 Å². The quantitative estimate of drug-likeness (QED) is 0.413. The zero-order chi connectivity index (χ0) is 20.5. The molecule has 0 aliphatic heterocycles. The predicted molar refractivity (Wildman–Crippen MR) is 111 cm³/mol. The number of benzene rings is 2. The zero-order valence-corrected chi connectivity index (χ0v) is 16.4. The van der Waals surface area contributed by atoms with E-state index in [0.717, 1.165) is 11.1 Å². The average molecular weight is 389 g/mol. The highest BCUT2D eigenvalue weighted by atomic mass is 16.5. The first kappa shape index (κ1) is 18.7. The second-order valence-corrected chi connectivity index (χ2v) is 6.72. The lowest BCUT2D eigenvalue weighted by Crippen LogP contribution is -2.62. The minimum Gasteiger partial charge on any atom is -0.507 e. The fourth-order valence-corrected chi connectivity index (χ4v) is 3.50. The molecule has 0 unspecified atom stereocenters. The molecular weight excluding hydrogens is 368 g/mol. The van der Waals surface area contributed by atoms with E-state index in [9.17, 15) is 9.90 Å². The van der Waals surface area contributed by atoms with Gasteiger partial charge in [-0.3, -0.25) is 0 Å². The molecule has 2 N–H and O–H groups in total. The molecule has 0 amide bonds. The molecule has 0 aliphatic rings. The van der Waals surface area contributed by atoms with Gasteiger partial charge in [-0.2, -0.15) is 0 Å². The van der Waals surface area contributed by atoms with Crippen LogP contribution >= 0.6 is 0 Å². The fraction of sp³-hybridized carbons (Fsp3) is 0.174. The Morgan fingerprint density at radius 1 is 1.17 bits per heavy atom. The van der Waals surface area contributed by atoms with Gasteiger partial charge in [0, 0.05) is 23.8 Å². The third-order valence-corrected chi connectivity index (χ3v) is 4.77. The van der Waals surface area contributed by atoms with Crippen LogP contribution in [-0.4, -0.2) is 28.9 Å². The second-order valence-electron chi connectivity index (χ2n) is 6.72. The summed E-state index contributed by atoms with van der Waals surface area (Å²) >= 11 is 0. The maximum atomic E-state index is 12.6. The van der Waals surface area contributed by atoms with E-state index in [4.69, 9.17) is 9.15 Å². The van der Waals surface area contributed by atoms with Crippen LogP contribution in [0.15, 0.2) is 46.9 Å². The van der Waals surface area contributed by atoms with E-state index in [2.05, 4.69) is 9.98 Å². The molecule has 146 valence electrons. The molecule has 6 nitrogen and oxygen atoms in total.